The van der Waals surface area contributed by atoms with Crippen molar-refractivity contribution in [2.75, 3.05) is 19.8 Å². The number of ether oxygens (including phenoxy) is 2. The fraction of sp³-hybridized carbons (Fsp3) is 1.00. The zero-order valence-corrected chi connectivity index (χ0v) is 6.77. The van der Waals surface area contributed by atoms with Crippen LogP contribution in [0.1, 0.15) is 0 Å². The molecule has 6 bridgehead atoms. The standard InChI is InChI=1S/C9H12O3/c10-3-9-6-4-1-11-2-5(7(6)9)8(4)12-9/h4-8,10H,1-3H2. The van der Waals surface area contributed by atoms with Crippen LogP contribution in [0.15, 0.2) is 0 Å². The molecule has 0 aromatic rings. The van der Waals surface area contributed by atoms with E-state index in [2.05, 4.69) is 0 Å². The minimum atomic E-state index is -0.0935. The van der Waals surface area contributed by atoms with Crippen LogP contribution in [-0.4, -0.2) is 36.6 Å². The number of aliphatic hydroxyl groups is 1. The van der Waals surface area contributed by atoms with Crippen molar-refractivity contribution in [3.8, 4) is 0 Å². The van der Waals surface area contributed by atoms with Crippen molar-refractivity contribution in [2.45, 2.75) is 11.7 Å². The first-order valence-electron chi connectivity index (χ1n) is 4.75. The molecule has 4 atom stereocenters. The Labute approximate surface area is 70.7 Å². The van der Waals surface area contributed by atoms with Crippen LogP contribution in [0.5, 0.6) is 0 Å². The summed E-state index contributed by atoms with van der Waals surface area (Å²) in [6, 6.07) is 0. The molecular weight excluding hydrogens is 156 g/mol. The predicted molar refractivity (Wildman–Crippen MR) is 39.5 cm³/mol. The summed E-state index contributed by atoms with van der Waals surface area (Å²) in [7, 11) is 0. The van der Waals surface area contributed by atoms with E-state index < -0.39 is 0 Å². The molecule has 0 amide bonds. The largest absolute Gasteiger partial charge is 0.393 e. The molecule has 2 saturated carbocycles. The Kier molecular flexibility index (Phi) is 0.839. The molecule has 5 rings (SSSR count). The molecule has 5 aliphatic rings. The van der Waals surface area contributed by atoms with E-state index in [1.54, 1.807) is 0 Å². The predicted octanol–water partition coefficient (Wildman–Crippen LogP) is -0.362. The van der Waals surface area contributed by atoms with Crippen LogP contribution in [0.2, 0.25) is 0 Å². The highest BCUT2D eigenvalue weighted by Gasteiger charge is 2.85. The summed E-state index contributed by atoms with van der Waals surface area (Å²) in [5, 5.41) is 9.25. The maximum Gasteiger partial charge on any atom is 0.0988 e. The van der Waals surface area contributed by atoms with Gasteiger partial charge in [-0.3, -0.25) is 0 Å². The van der Waals surface area contributed by atoms with E-state index in [1.165, 1.54) is 0 Å². The molecule has 12 heavy (non-hydrogen) atoms. The van der Waals surface area contributed by atoms with Crippen LogP contribution in [0.25, 0.3) is 0 Å². The van der Waals surface area contributed by atoms with E-state index in [1.807, 2.05) is 0 Å². The van der Waals surface area contributed by atoms with Gasteiger partial charge in [-0.15, -0.1) is 0 Å². The Morgan fingerprint density at radius 1 is 1.25 bits per heavy atom. The number of rotatable bonds is 1. The zero-order valence-electron chi connectivity index (χ0n) is 6.77. The molecule has 3 heterocycles. The van der Waals surface area contributed by atoms with Gasteiger partial charge in [0, 0.05) is 23.7 Å². The fourth-order valence-electron chi connectivity index (χ4n) is 4.03. The molecule has 0 radical (unpaired) electrons. The molecule has 5 fully saturated rings. The Bertz CT molecular complexity index is 234. The summed E-state index contributed by atoms with van der Waals surface area (Å²) < 4.78 is 11.4. The summed E-state index contributed by atoms with van der Waals surface area (Å²) in [5.41, 5.74) is -0.0935. The first-order chi connectivity index (χ1) is 5.88. The molecule has 4 unspecified atom stereocenters. The minimum Gasteiger partial charge on any atom is -0.393 e. The van der Waals surface area contributed by atoms with Crippen LogP contribution >= 0.6 is 0 Å². The third-order valence-electron chi connectivity index (χ3n) is 4.40. The first-order valence-corrected chi connectivity index (χ1v) is 4.75. The lowest BCUT2D eigenvalue weighted by atomic mass is 9.93. The van der Waals surface area contributed by atoms with Gasteiger partial charge in [-0.1, -0.05) is 0 Å². The van der Waals surface area contributed by atoms with Crippen molar-refractivity contribution in [1.82, 2.24) is 0 Å². The van der Waals surface area contributed by atoms with Crippen LogP contribution in [0.3, 0.4) is 0 Å². The Morgan fingerprint density at radius 2 is 1.92 bits per heavy atom. The quantitative estimate of drug-likeness (QED) is 0.581. The second-order valence-corrected chi connectivity index (χ2v) is 4.61. The second kappa shape index (κ2) is 1.59. The molecule has 3 saturated heterocycles. The van der Waals surface area contributed by atoms with Crippen LogP contribution < -0.4 is 0 Å². The van der Waals surface area contributed by atoms with Gasteiger partial charge >= 0.3 is 0 Å². The van der Waals surface area contributed by atoms with Crippen LogP contribution in [0.4, 0.5) is 0 Å². The number of hydrogen-bond acceptors (Lipinski definition) is 3. The van der Waals surface area contributed by atoms with Crippen molar-refractivity contribution in [3.05, 3.63) is 0 Å². The lowest BCUT2D eigenvalue weighted by molar-refractivity contribution is -0.0509. The van der Waals surface area contributed by atoms with Crippen molar-refractivity contribution >= 4 is 0 Å². The molecule has 0 aromatic heterocycles. The van der Waals surface area contributed by atoms with E-state index in [9.17, 15) is 5.11 Å². The van der Waals surface area contributed by atoms with E-state index in [0.717, 1.165) is 13.2 Å². The monoisotopic (exact) mass is 168 g/mol. The molecule has 3 aliphatic heterocycles. The van der Waals surface area contributed by atoms with Crippen molar-refractivity contribution in [2.24, 2.45) is 23.7 Å². The van der Waals surface area contributed by atoms with Crippen LogP contribution in [-0.2, 0) is 9.47 Å². The van der Waals surface area contributed by atoms with Crippen LogP contribution in [0, 0.1) is 23.7 Å². The SMILES string of the molecule is OCC12OC3C4COCC3C1C42. The summed E-state index contributed by atoms with van der Waals surface area (Å²) in [4.78, 5) is 0. The van der Waals surface area contributed by atoms with Crippen molar-refractivity contribution in [1.29, 1.82) is 0 Å². The van der Waals surface area contributed by atoms with Gasteiger partial charge in [0.05, 0.1) is 31.5 Å². The molecule has 2 aliphatic carbocycles. The molecule has 1 N–H and O–H groups in total. The van der Waals surface area contributed by atoms with Gasteiger partial charge in [-0.05, 0) is 0 Å². The molecule has 66 valence electrons. The third kappa shape index (κ3) is 0.405. The van der Waals surface area contributed by atoms with Gasteiger partial charge < -0.3 is 14.6 Å². The highest BCUT2D eigenvalue weighted by molar-refractivity contribution is 5.31. The van der Waals surface area contributed by atoms with E-state index in [0.29, 0.717) is 29.8 Å². The number of hydrogen-bond donors (Lipinski definition) is 1. The Morgan fingerprint density at radius 3 is 2.33 bits per heavy atom. The molecular formula is C9H12O3. The van der Waals surface area contributed by atoms with E-state index >= 15 is 0 Å². The van der Waals surface area contributed by atoms with Gasteiger partial charge in [0.15, 0.2) is 0 Å². The Balaban J connectivity index is 1.82. The maximum absolute atomic E-state index is 9.25. The fourth-order valence-corrected chi connectivity index (χ4v) is 4.03. The maximum atomic E-state index is 9.25. The molecule has 0 spiro atoms. The first kappa shape index (κ1) is 6.35. The lowest BCUT2D eigenvalue weighted by Crippen LogP contribution is -2.32. The average Bonchev–Trinajstić information content (AvgIpc) is 2.35. The minimum absolute atomic E-state index is 0.0935. The zero-order chi connectivity index (χ0) is 7.92. The van der Waals surface area contributed by atoms with Gasteiger partial charge in [-0.25, -0.2) is 0 Å². The summed E-state index contributed by atoms with van der Waals surface area (Å²) in [6.45, 7) is 1.96. The van der Waals surface area contributed by atoms with Gasteiger partial charge in [-0.2, -0.15) is 0 Å². The molecule has 0 aromatic carbocycles. The van der Waals surface area contributed by atoms with Crippen molar-refractivity contribution < 1.29 is 14.6 Å². The normalized spacial score (nSPS) is 70.2. The third-order valence-corrected chi connectivity index (χ3v) is 4.40. The van der Waals surface area contributed by atoms with E-state index in [-0.39, 0.29) is 12.2 Å². The smallest absolute Gasteiger partial charge is 0.0988 e. The highest BCUT2D eigenvalue weighted by atomic mass is 16.6. The number of aliphatic hydroxyl groups excluding tert-OH is 1. The van der Waals surface area contributed by atoms with Gasteiger partial charge in [0.1, 0.15) is 0 Å². The van der Waals surface area contributed by atoms with Gasteiger partial charge in [0.2, 0.25) is 0 Å². The molecule has 3 nitrogen and oxygen atoms in total. The van der Waals surface area contributed by atoms with Crippen molar-refractivity contribution in [3.63, 3.8) is 0 Å². The second-order valence-electron chi connectivity index (χ2n) is 4.61. The Hall–Kier alpha value is -0.120. The summed E-state index contributed by atoms with van der Waals surface area (Å²) in [5.74, 6) is 2.50. The molecule has 3 heteroatoms. The summed E-state index contributed by atoms with van der Waals surface area (Å²) in [6.07, 6.45) is 0.431. The highest BCUT2D eigenvalue weighted by Crippen LogP contribution is 2.76. The average molecular weight is 168 g/mol. The summed E-state index contributed by atoms with van der Waals surface area (Å²) >= 11 is 0. The van der Waals surface area contributed by atoms with E-state index in [4.69, 9.17) is 9.47 Å². The van der Waals surface area contributed by atoms with Gasteiger partial charge in [0.25, 0.3) is 0 Å². The lowest BCUT2D eigenvalue weighted by Gasteiger charge is -2.24. The topological polar surface area (TPSA) is 38.7 Å².